The van der Waals surface area contributed by atoms with Crippen LogP contribution in [0, 0.1) is 0 Å². The van der Waals surface area contributed by atoms with Crippen molar-refractivity contribution < 1.29 is 13.0 Å². The molecule has 1 rings (SSSR count). The van der Waals surface area contributed by atoms with Crippen LogP contribution >= 0.6 is 15.9 Å². The molecule has 1 unspecified atom stereocenters. The maximum Gasteiger partial charge on any atom is 0.307 e. The average Bonchev–Trinajstić information content (AvgIpc) is 2.13. The van der Waals surface area contributed by atoms with Crippen molar-refractivity contribution in [2.45, 2.75) is 3.78 Å². The largest absolute Gasteiger partial charge is 0.307 e. The highest BCUT2D eigenvalue weighted by Crippen LogP contribution is 2.31. The third kappa shape index (κ3) is 1.11. The van der Waals surface area contributed by atoms with Crippen LogP contribution in [0.25, 0.3) is 0 Å². The second-order valence-electron chi connectivity index (χ2n) is 1.62. The van der Waals surface area contributed by atoms with Gasteiger partial charge < -0.3 is 0 Å². The van der Waals surface area contributed by atoms with Crippen molar-refractivity contribution in [3.8, 4) is 0 Å². The monoisotopic (exact) mass is 226 g/mol. The van der Waals surface area contributed by atoms with Crippen LogP contribution < -0.4 is 0 Å². The number of hydrogen-bond donors (Lipinski definition) is 1. The minimum Gasteiger partial charge on any atom is -0.283 e. The van der Waals surface area contributed by atoms with Crippen molar-refractivity contribution in [2.24, 2.45) is 10.2 Å². The van der Waals surface area contributed by atoms with E-state index >= 15 is 0 Å². The maximum absolute atomic E-state index is 10.5. The van der Waals surface area contributed by atoms with Gasteiger partial charge in [-0.1, -0.05) is 0 Å². The fraction of sp³-hybridized carbons (Fsp3) is 0.333. The topological polar surface area (TPSA) is 79.1 Å². The molecule has 56 valence electrons. The predicted molar refractivity (Wildman–Crippen MR) is 37.2 cm³/mol. The Bertz CT molecular complexity index is 281. The first-order valence-electron chi connectivity index (χ1n) is 2.21. The van der Waals surface area contributed by atoms with Gasteiger partial charge in [-0.2, -0.15) is 13.5 Å². The highest BCUT2D eigenvalue weighted by Gasteiger charge is 2.40. The number of azo groups is 1. The zero-order chi connectivity index (χ0) is 7.83. The van der Waals surface area contributed by atoms with Crippen molar-refractivity contribution in [2.75, 3.05) is 0 Å². The van der Waals surface area contributed by atoms with Gasteiger partial charge >= 0.3 is 10.1 Å². The second kappa shape index (κ2) is 2.11. The molecule has 0 saturated carbocycles. The molecular weight excluding hydrogens is 224 g/mol. The normalized spacial score (nSPS) is 31.4. The van der Waals surface area contributed by atoms with E-state index in [0.717, 1.165) is 6.08 Å². The maximum atomic E-state index is 10.5. The molecule has 5 nitrogen and oxygen atoms in total. The lowest BCUT2D eigenvalue weighted by Crippen LogP contribution is -2.24. The first kappa shape index (κ1) is 7.83. The Morgan fingerprint density at radius 2 is 2.20 bits per heavy atom. The van der Waals surface area contributed by atoms with Gasteiger partial charge in [0.1, 0.15) is 0 Å². The molecule has 0 aromatic rings. The third-order valence-corrected chi connectivity index (χ3v) is 3.49. The fourth-order valence-electron chi connectivity index (χ4n) is 0.408. The Morgan fingerprint density at radius 1 is 1.60 bits per heavy atom. The van der Waals surface area contributed by atoms with E-state index in [0.29, 0.717) is 0 Å². The molecule has 10 heavy (non-hydrogen) atoms. The number of nitrogens with zero attached hydrogens (tertiary/aromatic N) is 2. The Labute approximate surface area is 65.7 Å². The van der Waals surface area contributed by atoms with E-state index in [-0.39, 0.29) is 0 Å². The summed E-state index contributed by atoms with van der Waals surface area (Å²) >= 11 is 2.68. The van der Waals surface area contributed by atoms with E-state index in [4.69, 9.17) is 4.55 Å². The van der Waals surface area contributed by atoms with Gasteiger partial charge in [0, 0.05) is 6.20 Å². The molecule has 0 aromatic heterocycles. The van der Waals surface area contributed by atoms with Crippen LogP contribution in [-0.2, 0) is 10.1 Å². The molecule has 1 heterocycles. The molecule has 0 saturated heterocycles. The highest BCUT2D eigenvalue weighted by atomic mass is 79.9. The van der Waals surface area contributed by atoms with Gasteiger partial charge in [0.25, 0.3) is 3.78 Å². The third-order valence-electron chi connectivity index (χ3n) is 0.903. The standard InChI is InChI=1S/C3H3BrN2O3S/c4-3(10(7,8)9)1-2-5-6-3/h1-2H,(H,7,8,9). The number of alkyl halides is 1. The van der Waals surface area contributed by atoms with Crippen LogP contribution in [0.5, 0.6) is 0 Å². The Balaban J connectivity index is 3.14. The van der Waals surface area contributed by atoms with Gasteiger partial charge in [-0.3, -0.25) is 4.55 Å². The molecule has 0 spiro atoms. The van der Waals surface area contributed by atoms with Crippen LogP contribution in [0.4, 0.5) is 0 Å². The first-order chi connectivity index (χ1) is 4.46. The van der Waals surface area contributed by atoms with Crippen molar-refractivity contribution >= 4 is 26.0 Å². The molecule has 1 N–H and O–H groups in total. The molecule has 1 atom stereocenters. The van der Waals surface area contributed by atoms with Crippen LogP contribution in [0.2, 0.25) is 0 Å². The van der Waals surface area contributed by atoms with Crippen molar-refractivity contribution in [1.29, 1.82) is 0 Å². The van der Waals surface area contributed by atoms with Crippen molar-refractivity contribution in [1.82, 2.24) is 0 Å². The molecule has 1 aliphatic rings. The molecule has 1 aliphatic heterocycles. The number of rotatable bonds is 1. The smallest absolute Gasteiger partial charge is 0.283 e. The summed E-state index contributed by atoms with van der Waals surface area (Å²) in [6.07, 6.45) is 2.31. The Morgan fingerprint density at radius 3 is 2.40 bits per heavy atom. The zero-order valence-electron chi connectivity index (χ0n) is 4.60. The minimum atomic E-state index is -4.23. The minimum absolute atomic E-state index is 1.13. The predicted octanol–water partition coefficient (Wildman–Crippen LogP) is 0.902. The average molecular weight is 227 g/mol. The molecule has 0 fully saturated rings. The van der Waals surface area contributed by atoms with Gasteiger partial charge in [-0.05, 0) is 22.0 Å². The molecule has 0 amide bonds. The second-order valence-corrected chi connectivity index (χ2v) is 4.92. The summed E-state index contributed by atoms with van der Waals surface area (Å²) in [5.41, 5.74) is 0. The lowest BCUT2D eigenvalue weighted by Gasteiger charge is -2.07. The van der Waals surface area contributed by atoms with E-state index in [2.05, 4.69) is 26.2 Å². The molecule has 0 aliphatic carbocycles. The van der Waals surface area contributed by atoms with E-state index in [1.165, 1.54) is 6.20 Å². The SMILES string of the molecule is O=S(=O)(O)C1(Br)C=CN=N1. The van der Waals surface area contributed by atoms with Crippen molar-refractivity contribution in [3.63, 3.8) is 0 Å². The van der Waals surface area contributed by atoms with Crippen LogP contribution in [0.15, 0.2) is 22.5 Å². The lowest BCUT2D eigenvalue weighted by atomic mass is 10.6. The quantitative estimate of drug-likeness (QED) is 0.410. The molecular formula is C3H3BrN2O3S. The molecule has 0 aromatic carbocycles. The molecule has 7 heteroatoms. The van der Waals surface area contributed by atoms with Gasteiger partial charge in [0.2, 0.25) is 0 Å². The summed E-state index contributed by atoms with van der Waals surface area (Å²) in [6.45, 7) is 0. The lowest BCUT2D eigenvalue weighted by molar-refractivity contribution is 0.472. The van der Waals surface area contributed by atoms with Crippen LogP contribution in [-0.4, -0.2) is 16.8 Å². The summed E-state index contributed by atoms with van der Waals surface area (Å²) in [6, 6.07) is 0. The summed E-state index contributed by atoms with van der Waals surface area (Å²) in [4.78, 5) is 0. The van der Waals surface area contributed by atoms with Crippen LogP contribution in [0.1, 0.15) is 0 Å². The molecule has 0 radical (unpaired) electrons. The van der Waals surface area contributed by atoms with E-state index < -0.39 is 13.9 Å². The fourth-order valence-corrected chi connectivity index (χ4v) is 1.00. The van der Waals surface area contributed by atoms with Crippen molar-refractivity contribution in [3.05, 3.63) is 12.3 Å². The van der Waals surface area contributed by atoms with E-state index in [1.807, 2.05) is 0 Å². The summed E-state index contributed by atoms with van der Waals surface area (Å²) in [7, 11) is -4.23. The Kier molecular flexibility index (Phi) is 1.65. The molecule has 0 bridgehead atoms. The van der Waals surface area contributed by atoms with Gasteiger partial charge in [0.15, 0.2) is 0 Å². The zero-order valence-corrected chi connectivity index (χ0v) is 7.00. The van der Waals surface area contributed by atoms with E-state index in [9.17, 15) is 8.42 Å². The first-order valence-corrected chi connectivity index (χ1v) is 4.45. The summed E-state index contributed by atoms with van der Waals surface area (Å²) in [5.74, 6) is 0. The Hall–Kier alpha value is -0.270. The summed E-state index contributed by atoms with van der Waals surface area (Å²) in [5, 5.41) is 6.49. The number of halogens is 1. The number of hydrogen-bond acceptors (Lipinski definition) is 4. The van der Waals surface area contributed by atoms with E-state index in [1.54, 1.807) is 0 Å². The highest BCUT2D eigenvalue weighted by molar-refractivity contribution is 9.11. The summed E-state index contributed by atoms with van der Waals surface area (Å²) < 4.78 is 27.7. The van der Waals surface area contributed by atoms with Gasteiger partial charge in [0.05, 0.1) is 0 Å². The van der Waals surface area contributed by atoms with Gasteiger partial charge in [-0.25, -0.2) is 0 Å². The van der Waals surface area contributed by atoms with Crippen LogP contribution in [0.3, 0.4) is 0 Å². The van der Waals surface area contributed by atoms with Gasteiger partial charge in [-0.15, -0.1) is 5.11 Å².